The van der Waals surface area contributed by atoms with Gasteiger partial charge in [-0.05, 0) is 49.4 Å². The summed E-state index contributed by atoms with van der Waals surface area (Å²) >= 11 is 0. The van der Waals surface area contributed by atoms with Crippen molar-refractivity contribution in [3.63, 3.8) is 0 Å². The van der Waals surface area contributed by atoms with Crippen LogP contribution in [0.2, 0.25) is 0 Å². The van der Waals surface area contributed by atoms with Gasteiger partial charge in [-0.15, -0.1) is 0 Å². The lowest BCUT2D eigenvalue weighted by molar-refractivity contribution is -0.126. The highest BCUT2D eigenvalue weighted by molar-refractivity contribution is 5.91. The molecule has 2 bridgehead atoms. The quantitative estimate of drug-likeness (QED) is 0.329. The van der Waals surface area contributed by atoms with Crippen molar-refractivity contribution in [3.05, 3.63) is 76.9 Å². The summed E-state index contributed by atoms with van der Waals surface area (Å²) in [5.41, 5.74) is -1.37. The number of alkyl halides is 1. The molecule has 3 aromatic rings. The van der Waals surface area contributed by atoms with E-state index in [2.05, 4.69) is 21.9 Å². The zero-order valence-electron chi connectivity index (χ0n) is 27.0. The normalized spacial score (nSPS) is 21.0. The average molecular weight is 669 g/mol. The summed E-state index contributed by atoms with van der Waals surface area (Å²) in [6, 6.07) is 4.71. The average Bonchev–Trinajstić information content (AvgIpc) is 3.05. The summed E-state index contributed by atoms with van der Waals surface area (Å²) in [5, 5.41) is 14.6. The van der Waals surface area contributed by atoms with E-state index in [1.54, 1.807) is 22.1 Å². The molecule has 2 N–H and O–H groups in total. The van der Waals surface area contributed by atoms with Crippen molar-refractivity contribution in [1.82, 2.24) is 24.8 Å². The number of amides is 1. The SMILES string of the molecule is C=CC(=O)N1CCN(c2nc(=O)n3c4nc(c(F)cc24)-c2c(F)cccc2OCC(O)C(OCCF)C(/C=C\NCC(C)C)=C\3)[C@@H](C)C1. The molecule has 256 valence electrons. The van der Waals surface area contributed by atoms with E-state index < -0.39 is 48.5 Å². The van der Waals surface area contributed by atoms with Crippen LogP contribution in [0.3, 0.4) is 0 Å². The van der Waals surface area contributed by atoms with E-state index in [0.717, 1.165) is 16.7 Å². The van der Waals surface area contributed by atoms with Gasteiger partial charge in [-0.2, -0.15) is 4.98 Å². The fraction of sp³-hybridized carbons (Fsp3) is 0.412. The minimum absolute atomic E-state index is 0.0623. The predicted molar refractivity (Wildman–Crippen MR) is 176 cm³/mol. The summed E-state index contributed by atoms with van der Waals surface area (Å²) < 4.78 is 57.6. The molecular weight excluding hydrogens is 629 g/mol. The monoisotopic (exact) mass is 668 g/mol. The minimum atomic E-state index is -1.43. The van der Waals surface area contributed by atoms with Crippen LogP contribution in [-0.2, 0) is 9.53 Å². The van der Waals surface area contributed by atoms with Crippen LogP contribution in [0.1, 0.15) is 20.8 Å². The number of aromatic nitrogens is 3. The van der Waals surface area contributed by atoms with Gasteiger partial charge in [0.15, 0.2) is 11.5 Å². The van der Waals surface area contributed by atoms with Crippen molar-refractivity contribution < 1.29 is 32.5 Å². The molecule has 2 aliphatic heterocycles. The number of anilines is 1. The van der Waals surface area contributed by atoms with Crippen LogP contribution in [0.15, 0.2) is 59.6 Å². The van der Waals surface area contributed by atoms with Crippen LogP contribution in [-0.4, -0.2) is 94.8 Å². The molecule has 1 saturated heterocycles. The lowest BCUT2D eigenvalue weighted by Gasteiger charge is -2.40. The van der Waals surface area contributed by atoms with Gasteiger partial charge in [0.1, 0.15) is 48.6 Å². The molecule has 14 heteroatoms. The number of hydrogen-bond acceptors (Lipinski definition) is 9. The van der Waals surface area contributed by atoms with Gasteiger partial charge in [0, 0.05) is 44.0 Å². The number of carbonyl (C=O) groups excluding carboxylic acids is 1. The molecule has 0 aliphatic carbocycles. The number of nitrogens with one attached hydrogen (secondary N) is 1. The highest BCUT2D eigenvalue weighted by Crippen LogP contribution is 2.37. The number of aliphatic hydroxyl groups is 1. The molecule has 0 spiro atoms. The Hall–Kier alpha value is -4.69. The molecular formula is C34H39F3N6O5. The van der Waals surface area contributed by atoms with Gasteiger partial charge < -0.3 is 29.7 Å². The number of nitrogens with zero attached hydrogens (tertiary/aromatic N) is 5. The molecule has 1 amide bonds. The van der Waals surface area contributed by atoms with E-state index in [-0.39, 0.29) is 58.8 Å². The van der Waals surface area contributed by atoms with Crippen molar-refractivity contribution >= 4 is 29.0 Å². The second-order valence-electron chi connectivity index (χ2n) is 12.0. The Labute approximate surface area is 276 Å². The van der Waals surface area contributed by atoms with E-state index in [9.17, 15) is 19.1 Å². The van der Waals surface area contributed by atoms with Crippen LogP contribution < -0.4 is 20.6 Å². The first kappa shape index (κ1) is 34.6. The van der Waals surface area contributed by atoms with Crippen molar-refractivity contribution in [2.24, 2.45) is 5.92 Å². The number of carbonyl (C=O) groups is 1. The van der Waals surface area contributed by atoms with Gasteiger partial charge in [0.25, 0.3) is 0 Å². The number of ether oxygens (including phenoxy) is 2. The van der Waals surface area contributed by atoms with Crippen LogP contribution in [0.5, 0.6) is 5.75 Å². The molecule has 11 nitrogen and oxygen atoms in total. The zero-order valence-corrected chi connectivity index (χ0v) is 27.0. The second kappa shape index (κ2) is 15.0. The second-order valence-corrected chi connectivity index (χ2v) is 12.0. The highest BCUT2D eigenvalue weighted by atomic mass is 19.1. The Morgan fingerprint density at radius 2 is 2.04 bits per heavy atom. The molecule has 48 heavy (non-hydrogen) atoms. The van der Waals surface area contributed by atoms with Crippen LogP contribution >= 0.6 is 0 Å². The number of hydrogen-bond donors (Lipinski definition) is 2. The van der Waals surface area contributed by atoms with Crippen molar-refractivity contribution in [1.29, 1.82) is 0 Å². The largest absolute Gasteiger partial charge is 0.490 e. The molecule has 0 saturated carbocycles. The van der Waals surface area contributed by atoms with Crippen molar-refractivity contribution in [3.8, 4) is 17.0 Å². The summed E-state index contributed by atoms with van der Waals surface area (Å²) in [4.78, 5) is 38.5. The fourth-order valence-electron chi connectivity index (χ4n) is 5.77. The summed E-state index contributed by atoms with van der Waals surface area (Å²) in [5.74, 6) is -1.65. The zero-order chi connectivity index (χ0) is 34.5. The molecule has 2 aromatic heterocycles. The molecule has 4 heterocycles. The smallest absolute Gasteiger partial charge is 0.355 e. The Bertz CT molecular complexity index is 1800. The molecule has 1 fully saturated rings. The molecule has 2 aliphatic rings. The number of fused-ring (bicyclic) bond motifs is 3. The number of benzene rings is 1. The van der Waals surface area contributed by atoms with E-state index >= 15 is 8.78 Å². The number of pyridine rings is 1. The van der Waals surface area contributed by atoms with Gasteiger partial charge in [0.2, 0.25) is 5.91 Å². The third-order valence-corrected chi connectivity index (χ3v) is 8.09. The number of piperazine rings is 1. The van der Waals surface area contributed by atoms with Crippen LogP contribution in [0.4, 0.5) is 19.0 Å². The lowest BCUT2D eigenvalue weighted by Crippen LogP contribution is -2.54. The Morgan fingerprint density at radius 1 is 1.25 bits per heavy atom. The molecule has 1 aromatic carbocycles. The summed E-state index contributed by atoms with van der Waals surface area (Å²) in [6.07, 6.45) is 3.10. The van der Waals surface area contributed by atoms with E-state index in [1.165, 1.54) is 24.4 Å². The predicted octanol–water partition coefficient (Wildman–Crippen LogP) is 3.67. The maximum Gasteiger partial charge on any atom is 0.355 e. The molecule has 2 unspecified atom stereocenters. The van der Waals surface area contributed by atoms with Crippen LogP contribution in [0, 0.1) is 17.6 Å². The highest BCUT2D eigenvalue weighted by Gasteiger charge is 2.31. The first-order valence-corrected chi connectivity index (χ1v) is 15.7. The van der Waals surface area contributed by atoms with Crippen molar-refractivity contribution in [2.45, 2.75) is 39.0 Å². The van der Waals surface area contributed by atoms with Crippen molar-refractivity contribution in [2.75, 3.05) is 51.0 Å². The third kappa shape index (κ3) is 7.24. The first-order valence-electron chi connectivity index (χ1n) is 15.7. The van der Waals surface area contributed by atoms with Crippen LogP contribution in [0.25, 0.3) is 28.5 Å². The number of aliphatic hydroxyl groups excluding tert-OH is 1. The number of halogens is 3. The summed E-state index contributed by atoms with van der Waals surface area (Å²) in [6.45, 7) is 9.24. The molecule has 3 atom stereocenters. The number of rotatable bonds is 9. The maximum absolute atomic E-state index is 16.1. The Kier molecular flexibility index (Phi) is 10.8. The molecule has 5 rings (SSSR count). The Balaban J connectivity index is 1.78. The van der Waals surface area contributed by atoms with E-state index in [1.807, 2.05) is 20.8 Å². The van der Waals surface area contributed by atoms with Gasteiger partial charge in [0.05, 0.1) is 17.6 Å². The van der Waals surface area contributed by atoms with E-state index in [4.69, 9.17) is 9.47 Å². The standard InChI is InChI=1S/C34H39F3N6O5/c1-5-28(45)41-12-13-42(21(4)17-41)33-23-15-25(37)30-29-24(36)7-6-8-27(29)48-19-26(44)31(47-14-10-35)22(9-11-38-16-20(2)3)18-43(32(23)39-30)34(46)40-33/h5-9,11,15,18,20-21,26,31,38,44H,1,10,12-14,16-17,19H2,2-4H3/b11-9-,22-18-/t21-,26?,31?/m0/s1. The van der Waals surface area contributed by atoms with Gasteiger partial charge in [-0.1, -0.05) is 26.5 Å². The fourth-order valence-corrected chi connectivity index (χ4v) is 5.77. The lowest BCUT2D eigenvalue weighted by atomic mass is 10.0. The third-order valence-electron chi connectivity index (χ3n) is 8.09. The maximum atomic E-state index is 16.1. The molecule has 0 radical (unpaired) electrons. The van der Waals surface area contributed by atoms with Gasteiger partial charge in [-0.3, -0.25) is 9.36 Å². The topological polar surface area (TPSA) is 122 Å². The van der Waals surface area contributed by atoms with Gasteiger partial charge >= 0.3 is 5.69 Å². The van der Waals surface area contributed by atoms with E-state index in [0.29, 0.717) is 25.6 Å². The minimum Gasteiger partial charge on any atom is -0.490 e. The van der Waals surface area contributed by atoms with Gasteiger partial charge in [-0.25, -0.2) is 22.9 Å². The Morgan fingerprint density at radius 3 is 2.75 bits per heavy atom. The first-order chi connectivity index (χ1) is 23.0. The summed E-state index contributed by atoms with van der Waals surface area (Å²) in [7, 11) is 0.